The van der Waals surface area contributed by atoms with Crippen LogP contribution in [0.3, 0.4) is 0 Å². The van der Waals surface area contributed by atoms with E-state index in [1.54, 1.807) is 50.3 Å². The lowest BCUT2D eigenvalue weighted by Crippen LogP contribution is -2.45. The summed E-state index contributed by atoms with van der Waals surface area (Å²) in [5.41, 5.74) is -5.82. The maximum Gasteiger partial charge on any atom is 0.426 e. The lowest BCUT2D eigenvalue weighted by molar-refractivity contribution is -0.299. The number of amides is 1. The summed E-state index contributed by atoms with van der Waals surface area (Å²) in [6.45, 7) is 10.1. The summed E-state index contributed by atoms with van der Waals surface area (Å²) in [4.78, 5) is 15.4. The highest BCUT2D eigenvalue weighted by molar-refractivity contribution is 5.81. The van der Waals surface area contributed by atoms with Crippen molar-refractivity contribution in [3.63, 3.8) is 0 Å². The number of rotatable bonds is 14. The number of hydrogen-bond donors (Lipinski definition) is 1. The van der Waals surface area contributed by atoms with Gasteiger partial charge in [-0.1, -0.05) is 56.3 Å². The molecule has 42 heavy (non-hydrogen) atoms. The summed E-state index contributed by atoms with van der Waals surface area (Å²) in [7, 11) is 0. The molecule has 2 heterocycles. The summed E-state index contributed by atoms with van der Waals surface area (Å²) in [5, 5.41) is 9.42. The van der Waals surface area contributed by atoms with Gasteiger partial charge >= 0.3 is 12.4 Å². The van der Waals surface area contributed by atoms with Gasteiger partial charge in [0.2, 0.25) is 12.0 Å². The van der Waals surface area contributed by atoms with Crippen molar-refractivity contribution >= 4 is 12.1 Å². The normalized spacial score (nSPS) is 13.8. The van der Waals surface area contributed by atoms with Crippen LogP contribution in [0.25, 0.3) is 11.6 Å². The first-order valence-corrected chi connectivity index (χ1v) is 12.8. The van der Waals surface area contributed by atoms with Crippen LogP contribution in [-0.2, 0) is 34.3 Å². The molecule has 1 unspecified atom stereocenters. The molecule has 13 heteroatoms. The van der Waals surface area contributed by atoms with E-state index in [1.165, 1.54) is 6.08 Å². The third kappa shape index (κ3) is 7.44. The fourth-order valence-corrected chi connectivity index (χ4v) is 4.34. The molecule has 0 aliphatic rings. The van der Waals surface area contributed by atoms with Crippen molar-refractivity contribution in [2.45, 2.75) is 64.1 Å². The van der Waals surface area contributed by atoms with Crippen LogP contribution in [0.1, 0.15) is 55.8 Å². The monoisotopic (exact) mass is 596 g/mol. The molecule has 0 aliphatic heterocycles. The quantitative estimate of drug-likeness (QED) is 0.116. The van der Waals surface area contributed by atoms with Crippen molar-refractivity contribution in [3.05, 3.63) is 84.4 Å². The number of allylic oxidation sites excluding steroid dienone is 2. The number of carbonyl (C=O) groups excluding carboxylic acids is 1. The molecule has 7 nitrogen and oxygen atoms in total. The Labute approximate surface area is 238 Å². The summed E-state index contributed by atoms with van der Waals surface area (Å²) in [6, 6.07) is 8.75. The molecular formula is C29H30F6N4O3. The predicted octanol–water partition coefficient (Wildman–Crippen LogP) is 7.80. The number of nitrogens with one attached hydrogen (secondary N) is 1. The topological polar surface area (TPSA) is 90.1 Å². The molecule has 0 radical (unpaired) electrons. The van der Waals surface area contributed by atoms with Crippen LogP contribution in [0.4, 0.5) is 32.0 Å². The van der Waals surface area contributed by atoms with Gasteiger partial charge in [0.05, 0.1) is 23.6 Å². The second kappa shape index (κ2) is 12.9. The number of benzene rings is 1. The lowest BCUT2D eigenvalue weighted by Gasteiger charge is -2.32. The van der Waals surface area contributed by atoms with E-state index in [0.717, 1.165) is 0 Å². The molecule has 0 fully saturated rings. The van der Waals surface area contributed by atoms with Crippen molar-refractivity contribution < 1.29 is 40.3 Å². The molecule has 0 saturated carbocycles. The Hall–Kier alpha value is -4.00. The third-order valence-electron chi connectivity index (χ3n) is 6.42. The molecule has 1 aromatic carbocycles. The fraction of sp³-hybridized carbons (Fsp3) is 0.379. The van der Waals surface area contributed by atoms with E-state index in [0.29, 0.717) is 18.1 Å². The zero-order valence-electron chi connectivity index (χ0n) is 23.0. The smallest absolute Gasteiger partial charge is 0.416 e. The molecule has 0 spiro atoms. The van der Waals surface area contributed by atoms with Crippen molar-refractivity contribution in [2.75, 3.05) is 5.32 Å². The van der Waals surface area contributed by atoms with E-state index in [4.69, 9.17) is 9.15 Å². The highest BCUT2D eigenvalue weighted by Gasteiger charge is 2.61. The Morgan fingerprint density at radius 3 is 2.29 bits per heavy atom. The van der Waals surface area contributed by atoms with Crippen molar-refractivity contribution in [1.29, 1.82) is 0 Å². The van der Waals surface area contributed by atoms with Gasteiger partial charge in [-0.25, -0.2) is 4.98 Å². The summed E-state index contributed by atoms with van der Waals surface area (Å²) in [6.07, 6.45) is -7.64. The van der Waals surface area contributed by atoms with Gasteiger partial charge in [0.25, 0.3) is 11.8 Å². The van der Waals surface area contributed by atoms with Crippen LogP contribution in [0.15, 0.2) is 66.1 Å². The predicted molar refractivity (Wildman–Crippen MR) is 143 cm³/mol. The average molecular weight is 597 g/mol. The highest BCUT2D eigenvalue weighted by Crippen LogP contribution is 2.47. The number of pyridine rings is 1. The number of carbonyl (C=O) groups is 1. The standard InChI is InChI=1S/C29H30F6N4O3/c1-5-7-14-27(29(33,34)35,41-17-19-11-9-8-10-12-19)25-39-38-24(42-25)23-21(36-18-40)15-20(28(30,31)32)22(37-23)16-26(3,4)13-6-2/h5-6,8-12,15,18H,1-2,7,13-14,16-17H2,3-4H3,(H,36,40). The number of alkyl halides is 6. The molecule has 0 bridgehead atoms. The summed E-state index contributed by atoms with van der Waals surface area (Å²) >= 11 is 0. The van der Waals surface area contributed by atoms with Crippen molar-refractivity contribution in [2.24, 2.45) is 5.41 Å². The minimum Gasteiger partial charge on any atom is -0.416 e. The molecule has 2 aromatic heterocycles. The van der Waals surface area contributed by atoms with Crippen LogP contribution < -0.4 is 5.32 Å². The molecule has 1 N–H and O–H groups in total. The molecule has 1 atom stereocenters. The molecule has 226 valence electrons. The molecule has 0 saturated heterocycles. The Morgan fingerprint density at radius 1 is 1.02 bits per heavy atom. The van der Waals surface area contributed by atoms with Gasteiger partial charge in [-0.3, -0.25) is 4.79 Å². The van der Waals surface area contributed by atoms with Crippen molar-refractivity contribution in [3.8, 4) is 11.6 Å². The van der Waals surface area contributed by atoms with Gasteiger partial charge in [-0.05, 0) is 42.7 Å². The van der Waals surface area contributed by atoms with E-state index in [9.17, 15) is 31.1 Å². The first-order valence-electron chi connectivity index (χ1n) is 12.8. The van der Waals surface area contributed by atoms with Crippen LogP contribution in [0.2, 0.25) is 0 Å². The number of halogens is 6. The van der Waals surface area contributed by atoms with Gasteiger partial charge in [0.15, 0.2) is 5.69 Å². The summed E-state index contributed by atoms with van der Waals surface area (Å²) in [5.74, 6) is -1.61. The van der Waals surface area contributed by atoms with Crippen LogP contribution in [-0.4, -0.2) is 27.8 Å². The third-order valence-corrected chi connectivity index (χ3v) is 6.42. The molecular weight excluding hydrogens is 566 g/mol. The molecule has 0 aliphatic carbocycles. The van der Waals surface area contributed by atoms with E-state index >= 15 is 0 Å². The minimum atomic E-state index is -5.05. The zero-order chi connectivity index (χ0) is 31.2. The first kappa shape index (κ1) is 32.5. The number of nitrogens with zero attached hydrogens (tertiary/aromatic N) is 3. The highest BCUT2D eigenvalue weighted by atomic mass is 19.4. The van der Waals surface area contributed by atoms with Gasteiger partial charge in [-0.2, -0.15) is 26.3 Å². The van der Waals surface area contributed by atoms with E-state index in [-0.39, 0.29) is 19.3 Å². The van der Waals surface area contributed by atoms with E-state index in [1.807, 2.05) is 0 Å². The molecule has 3 aromatic rings. The second-order valence-electron chi connectivity index (χ2n) is 10.3. The van der Waals surface area contributed by atoms with Crippen LogP contribution >= 0.6 is 0 Å². The SMILES string of the molecule is C=CCCC(OCc1ccccc1)(c1nnc(-c2nc(CC(C)(C)CC=C)c(C(F)(F)F)cc2NC=O)o1)C(F)(F)F. The second-order valence-corrected chi connectivity index (χ2v) is 10.3. The molecule has 3 rings (SSSR count). The van der Waals surface area contributed by atoms with Gasteiger partial charge in [0.1, 0.15) is 0 Å². The van der Waals surface area contributed by atoms with Crippen LogP contribution in [0, 0.1) is 5.41 Å². The van der Waals surface area contributed by atoms with Gasteiger partial charge in [-0.15, -0.1) is 23.4 Å². The number of aromatic nitrogens is 3. The maximum atomic E-state index is 14.7. The van der Waals surface area contributed by atoms with Crippen LogP contribution in [0.5, 0.6) is 0 Å². The number of ether oxygens (including phenoxy) is 1. The Morgan fingerprint density at radius 2 is 1.71 bits per heavy atom. The van der Waals surface area contributed by atoms with E-state index < -0.39 is 70.8 Å². The molecule has 1 amide bonds. The number of anilines is 1. The minimum absolute atomic E-state index is 0.104. The zero-order valence-corrected chi connectivity index (χ0v) is 23.0. The first-order chi connectivity index (χ1) is 19.7. The van der Waals surface area contributed by atoms with E-state index in [2.05, 4.69) is 33.7 Å². The Balaban J connectivity index is 2.19. The lowest BCUT2D eigenvalue weighted by atomic mass is 9.83. The maximum absolute atomic E-state index is 14.7. The van der Waals surface area contributed by atoms with Gasteiger partial charge < -0.3 is 14.5 Å². The van der Waals surface area contributed by atoms with Gasteiger partial charge in [0, 0.05) is 0 Å². The van der Waals surface area contributed by atoms with Crippen molar-refractivity contribution in [1.82, 2.24) is 15.2 Å². The largest absolute Gasteiger partial charge is 0.426 e. The number of hydrogen-bond acceptors (Lipinski definition) is 6. The average Bonchev–Trinajstić information content (AvgIpc) is 3.39. The Kier molecular flexibility index (Phi) is 9.98. The Bertz CT molecular complexity index is 1390. The summed E-state index contributed by atoms with van der Waals surface area (Å²) < 4.78 is 97.1. The fourth-order valence-electron chi connectivity index (χ4n) is 4.34.